The Bertz CT molecular complexity index is 177. The molecule has 1 saturated heterocycles. The molecule has 96 valence electrons. The second kappa shape index (κ2) is 7.25. The van der Waals surface area contributed by atoms with Gasteiger partial charge in [-0.15, -0.1) is 0 Å². The van der Waals surface area contributed by atoms with Crippen LogP contribution in [0.4, 0.5) is 0 Å². The van der Waals surface area contributed by atoms with Gasteiger partial charge in [-0.25, -0.2) is 0 Å². The number of hydrogen-bond donors (Lipinski definition) is 2. The lowest BCUT2D eigenvalue weighted by Crippen LogP contribution is -2.41. The molecule has 1 fully saturated rings. The highest BCUT2D eigenvalue weighted by Gasteiger charge is 2.17. The van der Waals surface area contributed by atoms with E-state index in [9.17, 15) is 5.11 Å². The molecule has 1 aliphatic heterocycles. The Morgan fingerprint density at radius 2 is 1.94 bits per heavy atom. The minimum Gasteiger partial charge on any atom is -0.395 e. The summed E-state index contributed by atoms with van der Waals surface area (Å²) in [7, 11) is 0. The van der Waals surface area contributed by atoms with E-state index in [2.05, 4.69) is 31.0 Å². The number of aliphatic hydroxyl groups excluding tert-OH is 1. The van der Waals surface area contributed by atoms with Crippen LogP contribution in [0.3, 0.4) is 0 Å². The largest absolute Gasteiger partial charge is 0.395 e. The van der Waals surface area contributed by atoms with E-state index in [1.165, 1.54) is 25.9 Å². The van der Waals surface area contributed by atoms with E-state index in [4.69, 9.17) is 0 Å². The van der Waals surface area contributed by atoms with Crippen molar-refractivity contribution in [2.75, 3.05) is 26.2 Å². The second-order valence-electron chi connectivity index (χ2n) is 5.51. The van der Waals surface area contributed by atoms with Crippen LogP contribution in [0, 0.1) is 5.92 Å². The Hall–Kier alpha value is -0.120. The molecule has 2 N–H and O–H groups in total. The number of likely N-dealkylation sites (tertiary alicyclic amines) is 1. The van der Waals surface area contributed by atoms with E-state index in [-0.39, 0.29) is 12.6 Å². The first-order valence-corrected chi connectivity index (χ1v) is 6.71. The van der Waals surface area contributed by atoms with Gasteiger partial charge < -0.3 is 15.3 Å². The molecule has 0 aromatic rings. The molecular formula is C13H28N2O. The minimum atomic E-state index is 0.252. The van der Waals surface area contributed by atoms with Crippen LogP contribution in [-0.2, 0) is 0 Å². The fourth-order valence-electron chi connectivity index (χ4n) is 2.32. The average Bonchev–Trinajstić information content (AvgIpc) is 2.26. The molecular weight excluding hydrogens is 200 g/mol. The van der Waals surface area contributed by atoms with Crippen LogP contribution in [0.2, 0.25) is 0 Å². The summed E-state index contributed by atoms with van der Waals surface area (Å²) in [5, 5.41) is 12.7. The average molecular weight is 228 g/mol. The van der Waals surface area contributed by atoms with Crippen molar-refractivity contribution in [3.8, 4) is 0 Å². The van der Waals surface area contributed by atoms with Crippen LogP contribution in [0.15, 0.2) is 0 Å². The number of aliphatic hydroxyl groups is 1. The molecule has 0 bridgehead atoms. The number of hydrogen-bond acceptors (Lipinski definition) is 3. The monoisotopic (exact) mass is 228 g/mol. The van der Waals surface area contributed by atoms with Gasteiger partial charge in [0, 0.05) is 12.1 Å². The number of rotatable bonds is 6. The van der Waals surface area contributed by atoms with Gasteiger partial charge in [0.25, 0.3) is 0 Å². The smallest absolute Gasteiger partial charge is 0.0585 e. The standard InChI is InChI=1S/C13H28N2O/c1-11(2)14-13(10-16)6-9-15-7-4-12(3)5-8-15/h11-14,16H,4-10H2,1-3H3. The summed E-state index contributed by atoms with van der Waals surface area (Å²) in [6, 6.07) is 0.720. The van der Waals surface area contributed by atoms with Crippen molar-refractivity contribution in [2.45, 2.75) is 52.1 Å². The maximum absolute atomic E-state index is 9.27. The Labute approximate surface area is 100 Å². The molecule has 3 heteroatoms. The van der Waals surface area contributed by atoms with Crippen LogP contribution < -0.4 is 5.32 Å². The maximum Gasteiger partial charge on any atom is 0.0585 e. The fourth-order valence-corrected chi connectivity index (χ4v) is 2.32. The first-order chi connectivity index (χ1) is 7.61. The van der Waals surface area contributed by atoms with Gasteiger partial charge >= 0.3 is 0 Å². The lowest BCUT2D eigenvalue weighted by molar-refractivity contribution is 0.166. The highest BCUT2D eigenvalue weighted by molar-refractivity contribution is 4.74. The summed E-state index contributed by atoms with van der Waals surface area (Å²) < 4.78 is 0. The predicted molar refractivity (Wildman–Crippen MR) is 68.6 cm³/mol. The van der Waals surface area contributed by atoms with Crippen LogP contribution in [-0.4, -0.2) is 48.3 Å². The second-order valence-corrected chi connectivity index (χ2v) is 5.51. The molecule has 3 nitrogen and oxygen atoms in total. The zero-order chi connectivity index (χ0) is 12.0. The van der Waals surface area contributed by atoms with Crippen LogP contribution in [0.25, 0.3) is 0 Å². The van der Waals surface area contributed by atoms with Gasteiger partial charge in [0.1, 0.15) is 0 Å². The van der Waals surface area contributed by atoms with Crippen molar-refractivity contribution in [1.82, 2.24) is 10.2 Å². The predicted octanol–water partition coefficient (Wildman–Crippen LogP) is 1.47. The SMILES string of the molecule is CC1CCN(CCC(CO)NC(C)C)CC1. The van der Waals surface area contributed by atoms with Gasteiger partial charge in [0.2, 0.25) is 0 Å². The number of piperidine rings is 1. The van der Waals surface area contributed by atoms with E-state index in [0.717, 1.165) is 18.9 Å². The molecule has 1 heterocycles. The Kier molecular flexibility index (Phi) is 6.32. The summed E-state index contributed by atoms with van der Waals surface area (Å²) in [6.07, 6.45) is 3.73. The molecule has 1 atom stereocenters. The quantitative estimate of drug-likeness (QED) is 0.722. The zero-order valence-corrected chi connectivity index (χ0v) is 11.1. The Morgan fingerprint density at radius 1 is 1.31 bits per heavy atom. The van der Waals surface area contributed by atoms with Crippen LogP contribution in [0.5, 0.6) is 0 Å². The summed E-state index contributed by atoms with van der Waals surface area (Å²) >= 11 is 0. The molecule has 1 unspecified atom stereocenters. The van der Waals surface area contributed by atoms with Gasteiger partial charge in [0.15, 0.2) is 0 Å². The van der Waals surface area contributed by atoms with Gasteiger partial charge in [-0.3, -0.25) is 0 Å². The molecule has 1 aliphatic rings. The Balaban J connectivity index is 2.16. The van der Waals surface area contributed by atoms with Crippen molar-refractivity contribution in [3.05, 3.63) is 0 Å². The first-order valence-electron chi connectivity index (χ1n) is 6.71. The number of nitrogens with zero attached hydrogens (tertiary/aromatic N) is 1. The Morgan fingerprint density at radius 3 is 2.44 bits per heavy atom. The van der Waals surface area contributed by atoms with Crippen LogP contribution in [0.1, 0.15) is 40.0 Å². The third-order valence-electron chi connectivity index (χ3n) is 3.46. The van der Waals surface area contributed by atoms with E-state index in [1.807, 2.05) is 0 Å². The summed E-state index contributed by atoms with van der Waals surface area (Å²) in [5.74, 6) is 0.902. The van der Waals surface area contributed by atoms with Crippen molar-refractivity contribution in [2.24, 2.45) is 5.92 Å². The summed E-state index contributed by atoms with van der Waals surface area (Å²) in [6.45, 7) is 10.5. The van der Waals surface area contributed by atoms with E-state index >= 15 is 0 Å². The molecule has 0 radical (unpaired) electrons. The highest BCUT2D eigenvalue weighted by Crippen LogP contribution is 2.16. The lowest BCUT2D eigenvalue weighted by atomic mass is 9.99. The molecule has 0 aromatic carbocycles. The number of nitrogens with one attached hydrogen (secondary N) is 1. The summed E-state index contributed by atoms with van der Waals surface area (Å²) in [5.41, 5.74) is 0. The van der Waals surface area contributed by atoms with Crippen molar-refractivity contribution >= 4 is 0 Å². The van der Waals surface area contributed by atoms with Gasteiger partial charge in [-0.2, -0.15) is 0 Å². The molecule has 0 amide bonds. The fraction of sp³-hybridized carbons (Fsp3) is 1.00. The maximum atomic E-state index is 9.27. The lowest BCUT2D eigenvalue weighted by Gasteiger charge is -2.31. The van der Waals surface area contributed by atoms with Gasteiger partial charge in [-0.05, 0) is 44.8 Å². The molecule has 0 aliphatic carbocycles. The molecule has 1 rings (SSSR count). The first kappa shape index (κ1) is 13.9. The van der Waals surface area contributed by atoms with Crippen molar-refractivity contribution in [3.63, 3.8) is 0 Å². The van der Waals surface area contributed by atoms with E-state index in [1.54, 1.807) is 0 Å². The van der Waals surface area contributed by atoms with Crippen LogP contribution >= 0.6 is 0 Å². The van der Waals surface area contributed by atoms with Gasteiger partial charge in [-0.1, -0.05) is 20.8 Å². The highest BCUT2D eigenvalue weighted by atomic mass is 16.3. The van der Waals surface area contributed by atoms with Crippen molar-refractivity contribution < 1.29 is 5.11 Å². The summed E-state index contributed by atoms with van der Waals surface area (Å²) in [4.78, 5) is 2.53. The van der Waals surface area contributed by atoms with Gasteiger partial charge in [0.05, 0.1) is 6.61 Å². The van der Waals surface area contributed by atoms with E-state index < -0.39 is 0 Å². The zero-order valence-electron chi connectivity index (χ0n) is 11.1. The molecule has 0 spiro atoms. The normalized spacial score (nSPS) is 21.6. The topological polar surface area (TPSA) is 35.5 Å². The molecule has 0 saturated carbocycles. The third kappa shape index (κ3) is 5.28. The molecule has 16 heavy (non-hydrogen) atoms. The van der Waals surface area contributed by atoms with Crippen molar-refractivity contribution in [1.29, 1.82) is 0 Å². The molecule has 0 aromatic heterocycles. The minimum absolute atomic E-state index is 0.252. The third-order valence-corrected chi connectivity index (χ3v) is 3.46. The van der Waals surface area contributed by atoms with E-state index in [0.29, 0.717) is 6.04 Å².